The van der Waals surface area contributed by atoms with E-state index in [9.17, 15) is 9.59 Å². The van der Waals surface area contributed by atoms with Gasteiger partial charge in [-0.3, -0.25) is 9.78 Å². The van der Waals surface area contributed by atoms with Gasteiger partial charge in [0.2, 0.25) is 0 Å². The zero-order valence-corrected chi connectivity index (χ0v) is 10.8. The molecule has 114 valence electrons. The molecule has 1 aliphatic rings. The molecule has 9 nitrogen and oxygen atoms in total. The van der Waals surface area contributed by atoms with Crippen LogP contribution in [0.15, 0.2) is 15.8 Å². The molecule has 2 rings (SSSR count). The minimum absolute atomic E-state index is 0.153. The molecule has 9 heteroatoms. The molecule has 1 aromatic heterocycles. The Morgan fingerprint density at radius 3 is 2.40 bits per heavy atom. The molecule has 2 heterocycles. The fourth-order valence-corrected chi connectivity index (χ4v) is 1.49. The summed E-state index contributed by atoms with van der Waals surface area (Å²) in [7, 11) is 0. The van der Waals surface area contributed by atoms with Crippen molar-refractivity contribution < 1.29 is 25.2 Å². The number of aliphatic hydroxyl groups excluding tert-OH is 4. The Hall–Kier alpha value is -1.52. The van der Waals surface area contributed by atoms with Crippen LogP contribution in [0.4, 0.5) is 0 Å². The van der Waals surface area contributed by atoms with Crippen LogP contribution in [-0.4, -0.2) is 61.6 Å². The van der Waals surface area contributed by atoms with Crippen LogP contribution in [0.5, 0.6) is 0 Å². The van der Waals surface area contributed by atoms with E-state index >= 15 is 0 Å². The molecule has 0 spiro atoms. The quantitative estimate of drug-likeness (QED) is 0.323. The van der Waals surface area contributed by atoms with E-state index in [-0.39, 0.29) is 12.2 Å². The largest absolute Gasteiger partial charge is 0.388 e. The van der Waals surface area contributed by atoms with Crippen molar-refractivity contribution in [3.05, 3.63) is 32.6 Å². The molecule has 4 atom stereocenters. The minimum atomic E-state index is -1.41. The number of ether oxygens (including phenoxy) is 1. The third-order valence-corrected chi connectivity index (χ3v) is 2.75. The van der Waals surface area contributed by atoms with Gasteiger partial charge in [-0.2, -0.15) is 0 Å². The van der Waals surface area contributed by atoms with Crippen LogP contribution in [0.3, 0.4) is 0 Å². The average Bonchev–Trinajstić information content (AvgIpc) is 2.42. The molecule has 0 aromatic carbocycles. The van der Waals surface area contributed by atoms with Crippen LogP contribution in [0.25, 0.3) is 0 Å². The number of aryl methyl sites for hydroxylation is 1. The Morgan fingerprint density at radius 2 is 1.90 bits per heavy atom. The predicted molar refractivity (Wildman–Crippen MR) is 67.0 cm³/mol. The summed E-state index contributed by atoms with van der Waals surface area (Å²) in [6.07, 6.45) is -3.17. The number of hydrogen-bond donors (Lipinski definition) is 6. The lowest BCUT2D eigenvalue weighted by Crippen LogP contribution is -2.52. The number of hydrogen-bond acceptors (Lipinski definition) is 7. The SMILES string of the molecule is CCc1c[nH]c(=O)[nH]c1=O.OC1OC[C@@H](O)[C@@H](O)[C@@H]1O. The van der Waals surface area contributed by atoms with Crippen LogP contribution in [0.1, 0.15) is 12.5 Å². The van der Waals surface area contributed by atoms with E-state index in [1.54, 1.807) is 0 Å². The van der Waals surface area contributed by atoms with Gasteiger partial charge in [0, 0.05) is 11.8 Å². The molecule has 0 aliphatic carbocycles. The first-order chi connectivity index (χ1) is 9.36. The van der Waals surface area contributed by atoms with Crippen LogP contribution in [0.2, 0.25) is 0 Å². The molecule has 0 saturated carbocycles. The fourth-order valence-electron chi connectivity index (χ4n) is 1.49. The normalized spacial score (nSPS) is 29.4. The van der Waals surface area contributed by atoms with Crippen molar-refractivity contribution in [3.63, 3.8) is 0 Å². The lowest BCUT2D eigenvalue weighted by atomic mass is 10.1. The summed E-state index contributed by atoms with van der Waals surface area (Å²) in [5, 5.41) is 35.3. The third-order valence-electron chi connectivity index (χ3n) is 2.75. The molecule has 1 unspecified atom stereocenters. The third kappa shape index (κ3) is 4.25. The monoisotopic (exact) mass is 290 g/mol. The van der Waals surface area contributed by atoms with E-state index in [1.165, 1.54) is 6.20 Å². The lowest BCUT2D eigenvalue weighted by molar-refractivity contribution is -0.252. The van der Waals surface area contributed by atoms with E-state index in [4.69, 9.17) is 20.4 Å². The van der Waals surface area contributed by atoms with E-state index in [1.807, 2.05) is 6.92 Å². The van der Waals surface area contributed by atoms with Gasteiger partial charge in [-0.05, 0) is 6.42 Å². The maximum Gasteiger partial charge on any atom is 0.325 e. The molecule has 0 radical (unpaired) electrons. The van der Waals surface area contributed by atoms with Crippen molar-refractivity contribution >= 4 is 0 Å². The van der Waals surface area contributed by atoms with Crippen molar-refractivity contribution in [1.29, 1.82) is 0 Å². The summed E-state index contributed by atoms with van der Waals surface area (Å²) in [6.45, 7) is 1.70. The van der Waals surface area contributed by atoms with Gasteiger partial charge in [-0.15, -0.1) is 0 Å². The van der Waals surface area contributed by atoms with Gasteiger partial charge in [0.15, 0.2) is 6.29 Å². The Balaban J connectivity index is 0.000000200. The molecular weight excluding hydrogens is 272 g/mol. The predicted octanol–water partition coefficient (Wildman–Crippen LogP) is -2.96. The number of aliphatic hydroxyl groups is 4. The maximum atomic E-state index is 10.8. The van der Waals surface area contributed by atoms with Crippen LogP contribution >= 0.6 is 0 Å². The Bertz CT molecular complexity index is 512. The Labute approximate surface area is 113 Å². The number of aromatic nitrogens is 2. The second kappa shape index (κ2) is 7.31. The topological polar surface area (TPSA) is 156 Å². The summed E-state index contributed by atoms with van der Waals surface area (Å²) >= 11 is 0. The van der Waals surface area contributed by atoms with E-state index < -0.39 is 30.3 Å². The van der Waals surface area contributed by atoms with Gasteiger partial charge in [-0.1, -0.05) is 6.92 Å². The fraction of sp³-hybridized carbons (Fsp3) is 0.636. The van der Waals surface area contributed by atoms with Crippen LogP contribution < -0.4 is 11.2 Å². The van der Waals surface area contributed by atoms with Gasteiger partial charge in [0.25, 0.3) is 5.56 Å². The summed E-state index contributed by atoms with van der Waals surface area (Å²) in [5.41, 5.74) is -0.159. The first-order valence-electron chi connectivity index (χ1n) is 6.01. The summed E-state index contributed by atoms with van der Waals surface area (Å²) in [6, 6.07) is 0. The standard InChI is InChI=1S/C6H8N2O2.C5H10O5/c1-2-4-3-7-6(10)8-5(4)9;6-2-1-10-5(9)4(8)3(2)7/h3H,2H2,1H3,(H2,7,8,9,10);2-9H,1H2/t;2-,3-,4+,5?/m.1/s1. The smallest absolute Gasteiger partial charge is 0.325 e. The van der Waals surface area contributed by atoms with Gasteiger partial charge in [0.05, 0.1) is 6.61 Å². The van der Waals surface area contributed by atoms with Crippen molar-refractivity contribution in [2.75, 3.05) is 6.61 Å². The Kier molecular flexibility index (Phi) is 6.05. The van der Waals surface area contributed by atoms with Crippen molar-refractivity contribution in [2.45, 2.75) is 37.9 Å². The molecular formula is C11H18N2O7. The van der Waals surface area contributed by atoms with Crippen molar-refractivity contribution in [2.24, 2.45) is 0 Å². The molecule has 1 saturated heterocycles. The molecule has 6 N–H and O–H groups in total. The molecule has 1 aliphatic heterocycles. The zero-order chi connectivity index (χ0) is 15.3. The van der Waals surface area contributed by atoms with Crippen LogP contribution in [-0.2, 0) is 11.2 Å². The number of aromatic amines is 2. The highest BCUT2D eigenvalue weighted by molar-refractivity contribution is 5.01. The Morgan fingerprint density at radius 1 is 1.25 bits per heavy atom. The number of rotatable bonds is 1. The van der Waals surface area contributed by atoms with E-state index in [2.05, 4.69) is 14.7 Å². The van der Waals surface area contributed by atoms with Crippen LogP contribution in [0, 0.1) is 0 Å². The van der Waals surface area contributed by atoms with Gasteiger partial charge in [-0.25, -0.2) is 4.79 Å². The van der Waals surface area contributed by atoms with E-state index in [0.29, 0.717) is 12.0 Å². The van der Waals surface area contributed by atoms with Crippen molar-refractivity contribution in [3.8, 4) is 0 Å². The highest BCUT2D eigenvalue weighted by Gasteiger charge is 2.36. The summed E-state index contributed by atoms with van der Waals surface area (Å²) < 4.78 is 4.47. The van der Waals surface area contributed by atoms with Gasteiger partial charge >= 0.3 is 5.69 Å². The lowest BCUT2D eigenvalue weighted by Gasteiger charge is -2.31. The second-order valence-corrected chi connectivity index (χ2v) is 4.22. The first-order valence-corrected chi connectivity index (χ1v) is 6.01. The van der Waals surface area contributed by atoms with Gasteiger partial charge in [0.1, 0.15) is 18.3 Å². The average molecular weight is 290 g/mol. The zero-order valence-electron chi connectivity index (χ0n) is 10.8. The van der Waals surface area contributed by atoms with E-state index in [0.717, 1.165) is 0 Å². The summed E-state index contributed by atoms with van der Waals surface area (Å²) in [5.74, 6) is 0. The molecule has 0 amide bonds. The number of H-pyrrole nitrogens is 2. The molecule has 0 bridgehead atoms. The summed E-state index contributed by atoms with van der Waals surface area (Å²) in [4.78, 5) is 25.7. The van der Waals surface area contributed by atoms with Gasteiger partial charge < -0.3 is 30.1 Å². The highest BCUT2D eigenvalue weighted by atomic mass is 16.6. The second-order valence-electron chi connectivity index (χ2n) is 4.22. The van der Waals surface area contributed by atoms with Crippen molar-refractivity contribution in [1.82, 2.24) is 9.97 Å². The highest BCUT2D eigenvalue weighted by Crippen LogP contribution is 2.12. The molecule has 1 aromatic rings. The molecule has 20 heavy (non-hydrogen) atoms. The first kappa shape index (κ1) is 16.5. The molecule has 1 fully saturated rings. The minimum Gasteiger partial charge on any atom is -0.388 e. The maximum absolute atomic E-state index is 10.8. The number of nitrogens with one attached hydrogen (secondary N) is 2.